The van der Waals surface area contributed by atoms with Crippen LogP contribution in [0.2, 0.25) is 5.02 Å². The van der Waals surface area contributed by atoms with Gasteiger partial charge in [-0.3, -0.25) is 4.79 Å². The van der Waals surface area contributed by atoms with Crippen LogP contribution in [0.15, 0.2) is 18.2 Å². The molecular weight excluding hydrogens is 254 g/mol. The topological polar surface area (TPSA) is 49.8 Å². The van der Waals surface area contributed by atoms with Crippen LogP contribution in [0.4, 0.5) is 0 Å². The van der Waals surface area contributed by atoms with Gasteiger partial charge in [-0.15, -0.1) is 0 Å². The summed E-state index contributed by atoms with van der Waals surface area (Å²) < 4.78 is 5.25. The van der Waals surface area contributed by atoms with Gasteiger partial charge in [0, 0.05) is 23.7 Å². The number of carbonyl (C=O) groups is 1. The fourth-order valence-electron chi connectivity index (χ4n) is 1.76. The van der Waals surface area contributed by atoms with E-state index in [1.807, 2.05) is 24.1 Å². The van der Waals surface area contributed by atoms with Gasteiger partial charge in [0.05, 0.1) is 13.0 Å². The van der Waals surface area contributed by atoms with Gasteiger partial charge in [-0.1, -0.05) is 24.6 Å². The highest BCUT2D eigenvalue weighted by Gasteiger charge is 2.16. The number of nitrogens with zero attached hydrogens (tertiary/aromatic N) is 1. The molecule has 4 nitrogen and oxygen atoms in total. The van der Waals surface area contributed by atoms with E-state index in [2.05, 4.69) is 0 Å². The van der Waals surface area contributed by atoms with Crippen molar-refractivity contribution < 1.29 is 14.6 Å². The number of methoxy groups -OCH3 is 1. The number of rotatable bonds is 6. The number of carboxylic acid groups (broad SMARTS) is 1. The first-order valence-corrected chi connectivity index (χ1v) is 6.06. The minimum Gasteiger partial charge on any atom is -0.496 e. The summed E-state index contributed by atoms with van der Waals surface area (Å²) in [5, 5.41) is 9.50. The molecule has 18 heavy (non-hydrogen) atoms. The molecule has 0 aliphatic carbocycles. The molecule has 0 bridgehead atoms. The Labute approximate surface area is 112 Å². The molecule has 1 rings (SSSR count). The standard InChI is InChI=1S/C13H18ClNO3/c1-9(13(16)17)7-15(2)8-10-11(14)5-4-6-12(10)18-3/h4-6,9H,7-8H2,1-3H3,(H,16,17). The lowest BCUT2D eigenvalue weighted by Gasteiger charge is -2.21. The summed E-state index contributed by atoms with van der Waals surface area (Å²) in [5.41, 5.74) is 0.877. The van der Waals surface area contributed by atoms with Crippen LogP contribution >= 0.6 is 11.6 Å². The molecule has 0 saturated carbocycles. The van der Waals surface area contributed by atoms with E-state index in [1.165, 1.54) is 0 Å². The summed E-state index contributed by atoms with van der Waals surface area (Å²) >= 11 is 6.13. The number of hydrogen-bond donors (Lipinski definition) is 1. The van der Waals surface area contributed by atoms with E-state index in [4.69, 9.17) is 21.4 Å². The van der Waals surface area contributed by atoms with Crippen molar-refractivity contribution >= 4 is 17.6 Å². The molecule has 5 heteroatoms. The van der Waals surface area contributed by atoms with Crippen LogP contribution in [-0.2, 0) is 11.3 Å². The predicted molar refractivity (Wildman–Crippen MR) is 71.1 cm³/mol. The average molecular weight is 272 g/mol. The van der Waals surface area contributed by atoms with Crippen LogP contribution in [0.3, 0.4) is 0 Å². The van der Waals surface area contributed by atoms with E-state index < -0.39 is 11.9 Å². The molecule has 0 amide bonds. The van der Waals surface area contributed by atoms with E-state index in [1.54, 1.807) is 20.1 Å². The molecule has 1 aromatic carbocycles. The summed E-state index contributed by atoms with van der Waals surface area (Å²) in [6, 6.07) is 5.47. The maximum absolute atomic E-state index is 10.8. The monoisotopic (exact) mass is 271 g/mol. The van der Waals surface area contributed by atoms with Crippen molar-refractivity contribution in [3.8, 4) is 5.75 Å². The number of benzene rings is 1. The average Bonchev–Trinajstić information content (AvgIpc) is 2.31. The molecule has 0 saturated heterocycles. The molecule has 0 radical (unpaired) electrons. The van der Waals surface area contributed by atoms with Crippen LogP contribution < -0.4 is 4.74 Å². The predicted octanol–water partition coefficient (Wildman–Crippen LogP) is 2.50. The molecule has 1 N–H and O–H groups in total. The summed E-state index contributed by atoms with van der Waals surface area (Å²) in [4.78, 5) is 12.7. The molecule has 100 valence electrons. The lowest BCUT2D eigenvalue weighted by molar-refractivity contribution is -0.141. The Morgan fingerprint density at radius 3 is 2.78 bits per heavy atom. The number of halogens is 1. The third-order valence-electron chi connectivity index (χ3n) is 2.73. The Morgan fingerprint density at radius 2 is 2.22 bits per heavy atom. The van der Waals surface area contributed by atoms with Crippen molar-refractivity contribution in [2.75, 3.05) is 20.7 Å². The third-order valence-corrected chi connectivity index (χ3v) is 3.09. The van der Waals surface area contributed by atoms with Crippen molar-refractivity contribution in [2.24, 2.45) is 5.92 Å². The minimum atomic E-state index is -0.798. The second-order valence-electron chi connectivity index (χ2n) is 4.36. The Bertz CT molecular complexity index is 423. The minimum absolute atomic E-state index is 0.413. The van der Waals surface area contributed by atoms with E-state index in [-0.39, 0.29) is 0 Å². The molecule has 0 spiro atoms. The first-order valence-electron chi connectivity index (χ1n) is 5.68. The molecule has 0 fully saturated rings. The van der Waals surface area contributed by atoms with Gasteiger partial charge in [-0.2, -0.15) is 0 Å². The highest BCUT2D eigenvalue weighted by Crippen LogP contribution is 2.27. The van der Waals surface area contributed by atoms with Crippen LogP contribution in [0.1, 0.15) is 12.5 Å². The van der Waals surface area contributed by atoms with Gasteiger partial charge in [0.15, 0.2) is 0 Å². The van der Waals surface area contributed by atoms with E-state index in [9.17, 15) is 4.79 Å². The Kier molecular flexibility index (Phi) is 5.44. The van der Waals surface area contributed by atoms with Crippen LogP contribution in [0, 0.1) is 5.92 Å². The molecule has 0 aliphatic rings. The number of aliphatic carboxylic acids is 1. The van der Waals surface area contributed by atoms with Gasteiger partial charge in [0.2, 0.25) is 0 Å². The molecule has 0 heterocycles. The largest absolute Gasteiger partial charge is 0.496 e. The molecule has 1 unspecified atom stereocenters. The van der Waals surface area contributed by atoms with Crippen LogP contribution in [-0.4, -0.2) is 36.7 Å². The molecule has 0 aliphatic heterocycles. The zero-order valence-electron chi connectivity index (χ0n) is 10.8. The van der Waals surface area contributed by atoms with Gasteiger partial charge < -0.3 is 14.7 Å². The smallest absolute Gasteiger partial charge is 0.307 e. The molecule has 1 aromatic rings. The van der Waals surface area contributed by atoms with Crippen LogP contribution in [0.5, 0.6) is 5.75 Å². The van der Waals surface area contributed by atoms with Gasteiger partial charge in [-0.25, -0.2) is 0 Å². The summed E-state index contributed by atoms with van der Waals surface area (Å²) in [5.74, 6) is -0.492. The zero-order valence-corrected chi connectivity index (χ0v) is 11.6. The fourth-order valence-corrected chi connectivity index (χ4v) is 1.99. The van der Waals surface area contributed by atoms with Crippen molar-refractivity contribution in [3.05, 3.63) is 28.8 Å². The summed E-state index contributed by atoms with van der Waals surface area (Å²) in [6.45, 7) is 2.70. The van der Waals surface area contributed by atoms with Gasteiger partial charge in [0.25, 0.3) is 0 Å². The van der Waals surface area contributed by atoms with E-state index in [0.717, 1.165) is 11.3 Å². The Hall–Kier alpha value is -1.26. The second kappa shape index (κ2) is 6.61. The summed E-state index contributed by atoms with van der Waals surface area (Å²) in [7, 11) is 3.46. The normalized spacial score (nSPS) is 12.5. The maximum Gasteiger partial charge on any atom is 0.307 e. The lowest BCUT2D eigenvalue weighted by Crippen LogP contribution is -2.28. The number of carboxylic acids is 1. The Balaban J connectivity index is 2.75. The number of ether oxygens (including phenoxy) is 1. The van der Waals surface area contributed by atoms with Crippen LogP contribution in [0.25, 0.3) is 0 Å². The highest BCUT2D eigenvalue weighted by molar-refractivity contribution is 6.31. The lowest BCUT2D eigenvalue weighted by atomic mass is 10.1. The van der Waals surface area contributed by atoms with Crippen molar-refractivity contribution in [1.29, 1.82) is 0 Å². The van der Waals surface area contributed by atoms with E-state index in [0.29, 0.717) is 18.1 Å². The van der Waals surface area contributed by atoms with Crippen molar-refractivity contribution in [2.45, 2.75) is 13.5 Å². The molecular formula is C13H18ClNO3. The fraction of sp³-hybridized carbons (Fsp3) is 0.462. The second-order valence-corrected chi connectivity index (χ2v) is 4.76. The maximum atomic E-state index is 10.8. The summed E-state index contributed by atoms with van der Waals surface area (Å²) in [6.07, 6.45) is 0. The first-order chi connectivity index (χ1) is 8.45. The SMILES string of the molecule is COc1cccc(Cl)c1CN(C)CC(C)C(=O)O. The molecule has 0 aromatic heterocycles. The van der Waals surface area contributed by atoms with Gasteiger partial charge >= 0.3 is 5.97 Å². The zero-order chi connectivity index (χ0) is 13.7. The van der Waals surface area contributed by atoms with Crippen molar-refractivity contribution in [3.63, 3.8) is 0 Å². The van der Waals surface area contributed by atoms with Crippen molar-refractivity contribution in [1.82, 2.24) is 4.90 Å². The molecule has 1 atom stereocenters. The highest BCUT2D eigenvalue weighted by atomic mass is 35.5. The quantitative estimate of drug-likeness (QED) is 0.864. The third kappa shape index (κ3) is 3.89. The van der Waals surface area contributed by atoms with Gasteiger partial charge in [-0.05, 0) is 19.2 Å². The Morgan fingerprint density at radius 1 is 1.56 bits per heavy atom. The van der Waals surface area contributed by atoms with Gasteiger partial charge in [0.1, 0.15) is 5.75 Å². The number of hydrogen-bond acceptors (Lipinski definition) is 3. The van der Waals surface area contributed by atoms with E-state index >= 15 is 0 Å². The first kappa shape index (κ1) is 14.8.